The summed E-state index contributed by atoms with van der Waals surface area (Å²) in [5, 5.41) is 0.457. The summed E-state index contributed by atoms with van der Waals surface area (Å²) in [4.78, 5) is 0. The molecule has 4 heteroatoms. The fraction of sp³-hybridized carbons (Fsp3) is 0.200. The van der Waals surface area contributed by atoms with E-state index in [1.165, 1.54) is 12.1 Å². The minimum Gasteiger partial charge on any atom is -0.455 e. The highest BCUT2D eigenvalue weighted by atomic mass is 35.5. The van der Waals surface area contributed by atoms with E-state index in [9.17, 15) is 4.39 Å². The van der Waals surface area contributed by atoms with Gasteiger partial charge >= 0.3 is 0 Å². The van der Waals surface area contributed by atoms with Crippen LogP contribution in [0.1, 0.15) is 24.1 Å². The summed E-state index contributed by atoms with van der Waals surface area (Å²) in [7, 11) is 0. The van der Waals surface area contributed by atoms with Gasteiger partial charge < -0.3 is 10.5 Å². The van der Waals surface area contributed by atoms with Gasteiger partial charge in [0.25, 0.3) is 0 Å². The van der Waals surface area contributed by atoms with Crippen LogP contribution in [-0.2, 0) is 0 Å². The van der Waals surface area contributed by atoms with Gasteiger partial charge in [-0.15, -0.1) is 0 Å². The molecule has 0 aliphatic carbocycles. The highest BCUT2D eigenvalue weighted by Gasteiger charge is 2.09. The van der Waals surface area contributed by atoms with Crippen LogP contribution in [0.4, 0.5) is 4.39 Å². The van der Waals surface area contributed by atoms with Crippen LogP contribution in [0.2, 0.25) is 5.02 Å². The molecule has 2 rings (SSSR count). The molecule has 19 heavy (non-hydrogen) atoms. The Morgan fingerprint density at radius 2 is 1.89 bits per heavy atom. The van der Waals surface area contributed by atoms with Gasteiger partial charge in [-0.2, -0.15) is 0 Å². The highest BCUT2D eigenvalue weighted by molar-refractivity contribution is 6.32. The Balaban J connectivity index is 2.31. The van der Waals surface area contributed by atoms with Crippen LogP contribution in [0.5, 0.6) is 11.5 Å². The summed E-state index contributed by atoms with van der Waals surface area (Å²) < 4.78 is 18.8. The number of benzene rings is 2. The number of nitrogens with two attached hydrogens (primary N) is 1. The van der Waals surface area contributed by atoms with Crippen LogP contribution in [0.25, 0.3) is 0 Å². The first-order valence-electron chi connectivity index (χ1n) is 5.96. The van der Waals surface area contributed by atoms with E-state index in [1.807, 2.05) is 19.9 Å². The Morgan fingerprint density at radius 3 is 2.53 bits per heavy atom. The second kappa shape index (κ2) is 5.59. The predicted octanol–water partition coefficient (Wildman–Crippen LogP) is 4.60. The van der Waals surface area contributed by atoms with Crippen LogP contribution in [0, 0.1) is 12.7 Å². The number of hydrogen-bond donors (Lipinski definition) is 1. The molecular weight excluding hydrogens is 265 g/mol. The van der Waals surface area contributed by atoms with Crippen molar-refractivity contribution in [2.45, 2.75) is 19.9 Å². The minimum absolute atomic E-state index is 0.0949. The fourth-order valence-electron chi connectivity index (χ4n) is 1.69. The normalized spacial score (nSPS) is 12.3. The second-order valence-electron chi connectivity index (χ2n) is 4.49. The van der Waals surface area contributed by atoms with Crippen LogP contribution >= 0.6 is 11.6 Å². The average molecular weight is 280 g/mol. The quantitative estimate of drug-likeness (QED) is 0.891. The zero-order valence-electron chi connectivity index (χ0n) is 10.8. The molecule has 1 unspecified atom stereocenters. The van der Waals surface area contributed by atoms with Crippen LogP contribution < -0.4 is 10.5 Å². The molecule has 0 radical (unpaired) electrons. The topological polar surface area (TPSA) is 35.2 Å². The van der Waals surface area contributed by atoms with E-state index in [2.05, 4.69) is 0 Å². The number of hydrogen-bond acceptors (Lipinski definition) is 2. The summed E-state index contributed by atoms with van der Waals surface area (Å²) in [6, 6.07) is 9.65. The van der Waals surface area contributed by atoms with E-state index >= 15 is 0 Å². The van der Waals surface area contributed by atoms with E-state index in [1.54, 1.807) is 18.2 Å². The number of aryl methyl sites for hydroxylation is 1. The van der Waals surface area contributed by atoms with Crippen molar-refractivity contribution in [2.75, 3.05) is 0 Å². The van der Waals surface area contributed by atoms with Gasteiger partial charge in [-0.1, -0.05) is 23.7 Å². The van der Waals surface area contributed by atoms with Crippen molar-refractivity contribution < 1.29 is 9.13 Å². The Bertz CT molecular complexity index is 599. The first-order valence-corrected chi connectivity index (χ1v) is 6.34. The van der Waals surface area contributed by atoms with E-state index < -0.39 is 0 Å². The molecule has 100 valence electrons. The lowest BCUT2D eigenvalue weighted by atomic mass is 10.1. The molecule has 2 nitrogen and oxygen atoms in total. The van der Waals surface area contributed by atoms with Crippen LogP contribution in [-0.4, -0.2) is 0 Å². The van der Waals surface area contributed by atoms with Crippen molar-refractivity contribution in [1.29, 1.82) is 0 Å². The third-order valence-electron chi connectivity index (χ3n) is 2.85. The molecule has 2 N–H and O–H groups in total. The lowest BCUT2D eigenvalue weighted by Gasteiger charge is -2.12. The predicted molar refractivity (Wildman–Crippen MR) is 75.3 cm³/mol. The molecule has 1 atom stereocenters. The number of halogens is 2. The SMILES string of the molecule is Cc1ccc(F)cc1Oc1ccc(C(C)N)cc1Cl. The highest BCUT2D eigenvalue weighted by Crippen LogP contribution is 2.33. The molecule has 0 spiro atoms. The summed E-state index contributed by atoms with van der Waals surface area (Å²) in [6.45, 7) is 3.72. The lowest BCUT2D eigenvalue weighted by molar-refractivity contribution is 0.473. The average Bonchev–Trinajstić information content (AvgIpc) is 2.36. The maximum absolute atomic E-state index is 13.2. The van der Waals surface area contributed by atoms with Gasteiger partial charge in [-0.25, -0.2) is 4.39 Å². The van der Waals surface area contributed by atoms with Crippen molar-refractivity contribution >= 4 is 11.6 Å². The smallest absolute Gasteiger partial charge is 0.146 e. The largest absolute Gasteiger partial charge is 0.455 e. The molecule has 0 saturated heterocycles. The lowest BCUT2D eigenvalue weighted by Crippen LogP contribution is -2.04. The van der Waals surface area contributed by atoms with Crippen LogP contribution in [0.15, 0.2) is 36.4 Å². The van der Waals surface area contributed by atoms with Crippen molar-refractivity contribution in [3.8, 4) is 11.5 Å². The molecule has 0 aliphatic rings. The molecule has 2 aromatic carbocycles. The van der Waals surface area contributed by atoms with E-state index in [4.69, 9.17) is 22.1 Å². The van der Waals surface area contributed by atoms with Crippen molar-refractivity contribution in [2.24, 2.45) is 5.73 Å². The van der Waals surface area contributed by atoms with Gasteiger partial charge in [-0.3, -0.25) is 0 Å². The zero-order valence-corrected chi connectivity index (χ0v) is 11.5. The number of ether oxygens (including phenoxy) is 1. The van der Waals surface area contributed by atoms with Crippen LogP contribution in [0.3, 0.4) is 0 Å². The molecular formula is C15H15ClFNO. The van der Waals surface area contributed by atoms with Gasteiger partial charge in [0.15, 0.2) is 0 Å². The summed E-state index contributed by atoms with van der Waals surface area (Å²) in [5.74, 6) is 0.596. The first kappa shape index (κ1) is 13.8. The summed E-state index contributed by atoms with van der Waals surface area (Å²) in [6.07, 6.45) is 0. The van der Waals surface area contributed by atoms with E-state index in [-0.39, 0.29) is 11.9 Å². The number of rotatable bonds is 3. The Hall–Kier alpha value is -1.58. The van der Waals surface area contributed by atoms with Gasteiger partial charge in [-0.05, 0) is 43.2 Å². The van der Waals surface area contributed by atoms with Crippen molar-refractivity contribution in [1.82, 2.24) is 0 Å². The van der Waals surface area contributed by atoms with Crippen molar-refractivity contribution in [3.63, 3.8) is 0 Å². The van der Waals surface area contributed by atoms with Gasteiger partial charge in [0.2, 0.25) is 0 Å². The molecule has 0 aliphatic heterocycles. The second-order valence-corrected chi connectivity index (χ2v) is 4.90. The third-order valence-corrected chi connectivity index (χ3v) is 3.15. The minimum atomic E-state index is -0.344. The standard InChI is InChI=1S/C15H15ClFNO/c1-9-3-5-12(17)8-15(9)19-14-6-4-11(10(2)18)7-13(14)16/h3-8,10H,18H2,1-2H3. The third kappa shape index (κ3) is 3.25. The van der Waals surface area contributed by atoms with Crippen molar-refractivity contribution in [3.05, 3.63) is 58.4 Å². The molecule has 2 aromatic rings. The monoisotopic (exact) mass is 279 g/mol. The van der Waals surface area contributed by atoms with Gasteiger partial charge in [0.1, 0.15) is 17.3 Å². The molecule has 0 saturated carbocycles. The van der Waals surface area contributed by atoms with Gasteiger partial charge in [0, 0.05) is 12.1 Å². The zero-order chi connectivity index (χ0) is 14.0. The summed E-state index contributed by atoms with van der Waals surface area (Å²) >= 11 is 6.14. The van der Waals surface area contributed by atoms with E-state index in [0.29, 0.717) is 16.5 Å². The fourth-order valence-corrected chi connectivity index (χ4v) is 1.91. The molecule has 0 aromatic heterocycles. The van der Waals surface area contributed by atoms with Gasteiger partial charge in [0.05, 0.1) is 5.02 Å². The maximum Gasteiger partial charge on any atom is 0.146 e. The van der Waals surface area contributed by atoms with E-state index in [0.717, 1.165) is 11.1 Å². The molecule has 0 bridgehead atoms. The Kier molecular flexibility index (Phi) is 4.08. The Labute approximate surface area is 117 Å². The molecule has 0 heterocycles. The Morgan fingerprint density at radius 1 is 1.16 bits per heavy atom. The molecule has 0 amide bonds. The first-order chi connectivity index (χ1) is 8.97. The maximum atomic E-state index is 13.2. The summed E-state index contributed by atoms with van der Waals surface area (Å²) in [5.41, 5.74) is 7.55. The molecule has 0 fully saturated rings.